The van der Waals surface area contributed by atoms with Crippen molar-refractivity contribution in [2.75, 3.05) is 13.7 Å². The Morgan fingerprint density at radius 2 is 1.43 bits per heavy atom. The number of hydrogen-bond donors (Lipinski definition) is 5. The summed E-state index contributed by atoms with van der Waals surface area (Å²) in [5, 5.41) is 18.2. The van der Waals surface area contributed by atoms with Crippen LogP contribution in [0.3, 0.4) is 0 Å². The standard InChI is InChI=1S/C26H27N5O4/c1-26(20-12-10-18(11-13-20)25(33)34-2,15-35-21-5-3-4-19(14-21)23(29)30)31-24(32)17-8-6-16(7-9-17)22(27)28/h3-14H,15H2,1-2H3,(H3,27,28)(H3,29,30)(H,31,32)/t26-/m0/s1. The fourth-order valence-corrected chi connectivity index (χ4v) is 3.39. The lowest BCUT2D eigenvalue weighted by Gasteiger charge is -2.31. The fourth-order valence-electron chi connectivity index (χ4n) is 3.39. The Labute approximate surface area is 203 Å². The van der Waals surface area contributed by atoms with Crippen molar-refractivity contribution in [2.45, 2.75) is 12.5 Å². The molecule has 0 radical (unpaired) electrons. The normalized spacial score (nSPS) is 12.2. The van der Waals surface area contributed by atoms with Crippen LogP contribution in [0.25, 0.3) is 0 Å². The monoisotopic (exact) mass is 473 g/mol. The summed E-state index contributed by atoms with van der Waals surface area (Å²) in [6.45, 7) is 1.85. The highest BCUT2D eigenvalue weighted by molar-refractivity contribution is 5.98. The van der Waals surface area contributed by atoms with Crippen molar-refractivity contribution in [2.24, 2.45) is 11.5 Å². The first-order chi connectivity index (χ1) is 16.6. The van der Waals surface area contributed by atoms with Gasteiger partial charge in [-0.3, -0.25) is 15.6 Å². The van der Waals surface area contributed by atoms with E-state index >= 15 is 0 Å². The molecule has 0 spiro atoms. The highest BCUT2D eigenvalue weighted by Gasteiger charge is 2.31. The maximum absolute atomic E-state index is 13.1. The third kappa shape index (κ3) is 6.02. The lowest BCUT2D eigenvalue weighted by atomic mass is 9.91. The first-order valence-electron chi connectivity index (χ1n) is 10.7. The smallest absolute Gasteiger partial charge is 0.337 e. The van der Waals surface area contributed by atoms with Crippen LogP contribution < -0.4 is 21.5 Å². The second-order valence-electron chi connectivity index (χ2n) is 8.08. The average molecular weight is 474 g/mol. The number of ether oxygens (including phenoxy) is 2. The maximum atomic E-state index is 13.1. The Kier molecular flexibility index (Phi) is 7.50. The molecule has 3 aromatic rings. The first kappa shape index (κ1) is 25.0. The van der Waals surface area contributed by atoms with Gasteiger partial charge in [0.15, 0.2) is 0 Å². The highest BCUT2D eigenvalue weighted by atomic mass is 16.5. The van der Waals surface area contributed by atoms with E-state index in [0.717, 1.165) is 0 Å². The Morgan fingerprint density at radius 1 is 0.857 bits per heavy atom. The van der Waals surface area contributed by atoms with Crippen molar-refractivity contribution in [3.63, 3.8) is 0 Å². The molecule has 3 rings (SSSR count). The third-order valence-electron chi connectivity index (χ3n) is 5.46. The van der Waals surface area contributed by atoms with Crippen LogP contribution in [-0.2, 0) is 10.3 Å². The van der Waals surface area contributed by atoms with Crippen molar-refractivity contribution in [3.05, 3.63) is 101 Å². The minimum atomic E-state index is -1.00. The van der Waals surface area contributed by atoms with Gasteiger partial charge in [0.25, 0.3) is 5.91 Å². The van der Waals surface area contributed by atoms with Gasteiger partial charge in [0, 0.05) is 16.7 Å². The number of methoxy groups -OCH3 is 1. The van der Waals surface area contributed by atoms with E-state index in [9.17, 15) is 9.59 Å². The Hall–Kier alpha value is -4.66. The van der Waals surface area contributed by atoms with Gasteiger partial charge in [0.1, 0.15) is 24.0 Å². The molecule has 0 aliphatic heterocycles. The van der Waals surface area contributed by atoms with E-state index in [1.165, 1.54) is 7.11 Å². The molecule has 0 saturated heterocycles. The van der Waals surface area contributed by atoms with Crippen LogP contribution in [0, 0.1) is 10.8 Å². The number of rotatable bonds is 9. The fraction of sp³-hybridized carbons (Fsp3) is 0.154. The second kappa shape index (κ2) is 10.5. The molecule has 35 heavy (non-hydrogen) atoms. The zero-order valence-corrected chi connectivity index (χ0v) is 19.4. The van der Waals surface area contributed by atoms with Gasteiger partial charge < -0.3 is 26.3 Å². The van der Waals surface area contributed by atoms with Crippen LogP contribution >= 0.6 is 0 Å². The van der Waals surface area contributed by atoms with Crippen molar-refractivity contribution < 1.29 is 19.1 Å². The average Bonchev–Trinajstić information content (AvgIpc) is 2.87. The molecule has 0 aliphatic rings. The molecule has 0 saturated carbocycles. The van der Waals surface area contributed by atoms with Crippen LogP contribution in [0.5, 0.6) is 5.75 Å². The minimum absolute atomic E-state index is 0.0448. The third-order valence-corrected chi connectivity index (χ3v) is 5.46. The van der Waals surface area contributed by atoms with E-state index in [2.05, 4.69) is 5.32 Å². The zero-order chi connectivity index (χ0) is 25.6. The molecule has 0 heterocycles. The number of esters is 1. The maximum Gasteiger partial charge on any atom is 0.337 e. The van der Waals surface area contributed by atoms with Gasteiger partial charge in [-0.15, -0.1) is 0 Å². The van der Waals surface area contributed by atoms with Crippen LogP contribution in [-0.4, -0.2) is 37.3 Å². The van der Waals surface area contributed by atoms with Crippen molar-refractivity contribution in [1.82, 2.24) is 5.32 Å². The molecular weight excluding hydrogens is 446 g/mol. The number of nitrogen functional groups attached to an aromatic ring is 2. The SMILES string of the molecule is COC(=O)c1ccc([C@](C)(COc2cccc(C(=N)N)c2)NC(=O)c2ccc(C(=N)N)cc2)cc1. The molecule has 0 aromatic heterocycles. The predicted molar refractivity (Wildman–Crippen MR) is 133 cm³/mol. The van der Waals surface area contributed by atoms with E-state index < -0.39 is 11.5 Å². The van der Waals surface area contributed by atoms with Crippen molar-refractivity contribution in [1.29, 1.82) is 10.8 Å². The quantitative estimate of drug-likeness (QED) is 0.182. The molecule has 0 fully saturated rings. The molecule has 0 aliphatic carbocycles. The molecule has 0 bridgehead atoms. The summed E-state index contributed by atoms with van der Waals surface area (Å²) >= 11 is 0. The predicted octanol–water partition coefficient (Wildman–Crippen LogP) is 2.77. The van der Waals surface area contributed by atoms with Gasteiger partial charge in [0.05, 0.1) is 18.2 Å². The van der Waals surface area contributed by atoms with Crippen LogP contribution in [0.15, 0.2) is 72.8 Å². The summed E-state index contributed by atoms with van der Waals surface area (Å²) in [4.78, 5) is 25.0. The summed E-state index contributed by atoms with van der Waals surface area (Å²) in [6.07, 6.45) is 0. The molecule has 3 aromatic carbocycles. The Bertz CT molecular complexity index is 1260. The largest absolute Gasteiger partial charge is 0.491 e. The summed E-state index contributed by atoms with van der Waals surface area (Å²) in [5.74, 6) is -0.520. The molecule has 9 nitrogen and oxygen atoms in total. The number of benzene rings is 3. The number of nitrogens with one attached hydrogen (secondary N) is 3. The Morgan fingerprint density at radius 3 is 2.00 bits per heavy atom. The molecule has 1 atom stereocenters. The number of carbonyl (C=O) groups is 2. The number of carbonyl (C=O) groups excluding carboxylic acids is 2. The van der Waals surface area contributed by atoms with Crippen LogP contribution in [0.1, 0.15) is 44.3 Å². The number of amides is 1. The first-order valence-corrected chi connectivity index (χ1v) is 10.7. The minimum Gasteiger partial charge on any atom is -0.491 e. The summed E-state index contributed by atoms with van der Waals surface area (Å²) in [6, 6.07) is 19.9. The zero-order valence-electron chi connectivity index (χ0n) is 19.4. The van der Waals surface area contributed by atoms with Gasteiger partial charge in [-0.05, 0) is 48.9 Å². The lowest BCUT2D eigenvalue weighted by Crippen LogP contribution is -2.47. The van der Waals surface area contributed by atoms with E-state index in [1.807, 2.05) is 0 Å². The van der Waals surface area contributed by atoms with Crippen molar-refractivity contribution in [3.8, 4) is 5.75 Å². The van der Waals surface area contributed by atoms with Crippen molar-refractivity contribution >= 4 is 23.5 Å². The number of hydrogen-bond acceptors (Lipinski definition) is 6. The summed E-state index contributed by atoms with van der Waals surface area (Å²) in [5.41, 5.74) is 12.5. The molecule has 0 unspecified atom stereocenters. The topological polar surface area (TPSA) is 164 Å². The van der Waals surface area contributed by atoms with Crippen LogP contribution in [0.4, 0.5) is 0 Å². The van der Waals surface area contributed by atoms with Gasteiger partial charge in [-0.25, -0.2) is 4.79 Å². The van der Waals surface area contributed by atoms with E-state index in [1.54, 1.807) is 79.7 Å². The van der Waals surface area contributed by atoms with E-state index in [4.69, 9.17) is 31.8 Å². The van der Waals surface area contributed by atoms with Gasteiger partial charge in [-0.2, -0.15) is 0 Å². The molecule has 9 heteroatoms. The van der Waals surface area contributed by atoms with Gasteiger partial charge in [0.2, 0.25) is 0 Å². The second-order valence-corrected chi connectivity index (χ2v) is 8.08. The van der Waals surface area contributed by atoms with Gasteiger partial charge >= 0.3 is 5.97 Å². The van der Waals surface area contributed by atoms with E-state index in [-0.39, 0.29) is 24.2 Å². The molecule has 7 N–H and O–H groups in total. The number of amidine groups is 2. The molecular formula is C26H27N5O4. The lowest BCUT2D eigenvalue weighted by molar-refractivity contribution is 0.0600. The molecule has 1 amide bonds. The summed E-state index contributed by atoms with van der Waals surface area (Å²) in [7, 11) is 1.31. The summed E-state index contributed by atoms with van der Waals surface area (Å²) < 4.78 is 10.8. The highest BCUT2D eigenvalue weighted by Crippen LogP contribution is 2.25. The van der Waals surface area contributed by atoms with E-state index in [0.29, 0.717) is 33.6 Å². The van der Waals surface area contributed by atoms with Crippen LogP contribution in [0.2, 0.25) is 0 Å². The Balaban J connectivity index is 1.90. The number of nitrogens with two attached hydrogens (primary N) is 2. The molecule has 180 valence electrons. The van der Waals surface area contributed by atoms with Gasteiger partial charge in [-0.1, -0.05) is 36.4 Å².